The average Bonchev–Trinajstić information content (AvgIpc) is 3.17. The number of carbonyl (C=O) groups excluding carboxylic acids is 4. The number of ketones is 3. The van der Waals surface area contributed by atoms with Crippen molar-refractivity contribution in [1.82, 2.24) is 10.2 Å². The molecule has 0 radical (unpaired) electrons. The molecule has 2 aromatic rings. The van der Waals surface area contributed by atoms with E-state index in [0.717, 1.165) is 32.4 Å². The maximum Gasteiger partial charge on any atom is 0.409 e. The van der Waals surface area contributed by atoms with Gasteiger partial charge in [-0.2, -0.15) is 0 Å². The number of amides is 1. The lowest BCUT2D eigenvalue weighted by molar-refractivity contribution is -0.386. The number of likely N-dealkylation sites (tertiary alicyclic amines) is 1. The summed E-state index contributed by atoms with van der Waals surface area (Å²) in [4.78, 5) is 56.3. The van der Waals surface area contributed by atoms with Crippen LogP contribution in [0.3, 0.4) is 0 Å². The van der Waals surface area contributed by atoms with Crippen LogP contribution in [0.25, 0.3) is 0 Å². The molecule has 0 spiro atoms. The molecule has 2 fully saturated rings. The largest absolute Gasteiger partial charge is 0.507 e. The highest BCUT2D eigenvalue weighted by Gasteiger charge is 2.50. The van der Waals surface area contributed by atoms with Crippen molar-refractivity contribution in [2.24, 2.45) is 0 Å². The number of phenolic OH excluding ortho intramolecular Hbond substituents is 2. The molecule has 2 aromatic carbocycles. The molecular formula is C40H48N2O14. The van der Waals surface area contributed by atoms with E-state index in [-0.39, 0.29) is 28.0 Å². The Labute approximate surface area is 322 Å². The van der Waals surface area contributed by atoms with Crippen molar-refractivity contribution in [3.05, 3.63) is 63.7 Å². The molecular weight excluding hydrogens is 732 g/mol. The normalized spacial score (nSPS) is 31.2. The maximum atomic E-state index is 13.9. The Hall–Kier alpha value is -4.42. The SMILES string of the molecule is COc1cccc2c1C(=O)c1c(O)c3c(c(O)c1C2=O)C[C@@](O)(C(=O)CO)C[C@@H]3OC1O[C@@H](C)[C@@H](O)[C@@H](NC(=O)OC2/C=C/CC(N3CCCCC3)CCC2)O1. The Morgan fingerprint density at radius 3 is 2.48 bits per heavy atom. The lowest BCUT2D eigenvalue weighted by atomic mass is 9.72. The molecule has 5 aliphatic rings. The Bertz CT molecular complexity index is 1910. The minimum absolute atomic E-state index is 0.0551. The fourth-order valence-electron chi connectivity index (χ4n) is 8.60. The second kappa shape index (κ2) is 16.2. The van der Waals surface area contributed by atoms with Crippen LogP contribution in [0.1, 0.15) is 107 Å². The van der Waals surface area contributed by atoms with Crippen molar-refractivity contribution in [2.75, 3.05) is 26.8 Å². The predicted molar refractivity (Wildman–Crippen MR) is 194 cm³/mol. The third-order valence-corrected chi connectivity index (χ3v) is 11.6. The summed E-state index contributed by atoms with van der Waals surface area (Å²) in [7, 11) is 1.31. The van der Waals surface area contributed by atoms with Crippen molar-refractivity contribution in [2.45, 2.75) is 113 Å². The van der Waals surface area contributed by atoms with Crippen LogP contribution in [0, 0.1) is 0 Å². The van der Waals surface area contributed by atoms with Crippen molar-refractivity contribution in [3.8, 4) is 17.2 Å². The molecule has 1 amide bonds. The fourth-order valence-corrected chi connectivity index (χ4v) is 8.60. The van der Waals surface area contributed by atoms with E-state index in [0.29, 0.717) is 12.5 Å². The maximum absolute atomic E-state index is 13.9. The number of methoxy groups -OCH3 is 1. The molecule has 302 valence electrons. The highest BCUT2D eigenvalue weighted by molar-refractivity contribution is 6.31. The molecule has 0 bridgehead atoms. The van der Waals surface area contributed by atoms with E-state index in [1.807, 2.05) is 12.2 Å². The molecule has 56 heavy (non-hydrogen) atoms. The van der Waals surface area contributed by atoms with Gasteiger partial charge in [-0.25, -0.2) is 4.79 Å². The molecule has 16 heteroatoms. The standard InChI is InChI=1S/C40H48N2O14/c1-20-32(45)37(41-38(50)54-22-11-6-9-21(10-7-12-22)42-15-4-3-5-16-42)56-39(53-20)55-26-18-40(51,27(44)19-43)17-24-29(26)36(49)31-30(34(24)47)33(46)23-13-8-14-25(52-2)28(23)35(31)48/h6,8,11,13-14,20-22,26,32,37,39,43,45,47,49,51H,3-5,7,9-10,12,15-19H2,1-2H3,(H,41,50)/b11-6+/t20-,21?,22?,26-,32+,37-,39?,40-/m0/s1. The molecule has 3 aliphatic carbocycles. The summed E-state index contributed by atoms with van der Waals surface area (Å²) in [5.41, 5.74) is -4.23. The monoisotopic (exact) mass is 780 g/mol. The van der Waals surface area contributed by atoms with Gasteiger partial charge < -0.3 is 54.1 Å². The molecule has 3 unspecified atom stereocenters. The molecule has 0 aromatic heterocycles. The Balaban J connectivity index is 1.12. The quantitative estimate of drug-likeness (QED) is 0.143. The number of carbonyl (C=O) groups is 4. The number of benzene rings is 2. The number of nitrogens with one attached hydrogen (secondary N) is 1. The van der Waals surface area contributed by atoms with E-state index in [2.05, 4.69) is 10.2 Å². The number of aromatic hydroxyl groups is 2. The first-order chi connectivity index (χ1) is 26.8. The Kier molecular flexibility index (Phi) is 11.5. The van der Waals surface area contributed by atoms with Crippen LogP contribution < -0.4 is 10.1 Å². The topological polar surface area (TPSA) is 231 Å². The number of ether oxygens (including phenoxy) is 5. The minimum atomic E-state index is -2.38. The highest BCUT2D eigenvalue weighted by Crippen LogP contribution is 2.52. The second-order valence-electron chi connectivity index (χ2n) is 15.1. The van der Waals surface area contributed by atoms with Gasteiger partial charge in [0.2, 0.25) is 5.78 Å². The predicted octanol–water partition coefficient (Wildman–Crippen LogP) is 2.66. The van der Waals surface area contributed by atoms with E-state index < -0.39 is 108 Å². The molecule has 16 nitrogen and oxygen atoms in total. The summed E-state index contributed by atoms with van der Waals surface area (Å²) in [6, 6.07) is 4.76. The molecule has 7 rings (SSSR count). The minimum Gasteiger partial charge on any atom is -0.507 e. The van der Waals surface area contributed by atoms with Crippen molar-refractivity contribution in [3.63, 3.8) is 0 Å². The van der Waals surface area contributed by atoms with Gasteiger partial charge in [-0.15, -0.1) is 0 Å². The Morgan fingerprint density at radius 1 is 1.00 bits per heavy atom. The van der Waals surface area contributed by atoms with Crippen molar-refractivity contribution >= 4 is 23.4 Å². The van der Waals surface area contributed by atoms with E-state index >= 15 is 0 Å². The summed E-state index contributed by atoms with van der Waals surface area (Å²) in [6.45, 7) is 0.859. The number of rotatable bonds is 8. The fraction of sp³-hybridized carbons (Fsp3) is 0.550. The number of hydrogen-bond donors (Lipinski definition) is 6. The number of Topliss-reactive ketones (excluding diaryl/α,β-unsaturated/α-hetero) is 1. The van der Waals surface area contributed by atoms with Crippen LogP contribution in [0.5, 0.6) is 17.2 Å². The van der Waals surface area contributed by atoms with Gasteiger partial charge in [0.05, 0.1) is 36.0 Å². The second-order valence-corrected chi connectivity index (χ2v) is 15.1. The average molecular weight is 781 g/mol. The number of piperidine rings is 1. The third-order valence-electron chi connectivity index (χ3n) is 11.6. The summed E-state index contributed by atoms with van der Waals surface area (Å²) in [5.74, 6) is -4.18. The number of aliphatic hydroxyl groups excluding tert-OH is 2. The molecule has 2 aliphatic heterocycles. The molecule has 6 N–H and O–H groups in total. The van der Waals surface area contributed by atoms with Gasteiger partial charge in [0, 0.05) is 35.6 Å². The zero-order valence-corrected chi connectivity index (χ0v) is 31.3. The van der Waals surface area contributed by atoms with Crippen LogP contribution in [0.15, 0.2) is 30.4 Å². The highest BCUT2D eigenvalue weighted by atomic mass is 16.9. The zero-order valence-electron chi connectivity index (χ0n) is 31.3. The lowest BCUT2D eigenvalue weighted by Gasteiger charge is -2.42. The molecule has 8 atom stereocenters. The summed E-state index contributed by atoms with van der Waals surface area (Å²) >= 11 is 0. The van der Waals surface area contributed by atoms with Gasteiger partial charge in [0.1, 0.15) is 41.7 Å². The van der Waals surface area contributed by atoms with Crippen LogP contribution in [0.2, 0.25) is 0 Å². The molecule has 2 saturated heterocycles. The number of aliphatic hydroxyl groups is 3. The first-order valence-electron chi connectivity index (χ1n) is 19.1. The lowest BCUT2D eigenvalue weighted by Crippen LogP contribution is -2.57. The summed E-state index contributed by atoms with van der Waals surface area (Å²) in [5, 5.41) is 58.1. The smallest absolute Gasteiger partial charge is 0.409 e. The molecule has 0 saturated carbocycles. The van der Waals surface area contributed by atoms with E-state index in [1.54, 1.807) is 0 Å². The number of alkyl carbamates (subject to hydrolysis) is 1. The van der Waals surface area contributed by atoms with Gasteiger partial charge in [-0.1, -0.05) is 24.6 Å². The van der Waals surface area contributed by atoms with Crippen LogP contribution in [-0.2, 0) is 30.2 Å². The van der Waals surface area contributed by atoms with Crippen LogP contribution in [-0.4, -0.2) is 123 Å². The van der Waals surface area contributed by atoms with Crippen LogP contribution in [0.4, 0.5) is 4.79 Å². The Morgan fingerprint density at radius 2 is 1.75 bits per heavy atom. The van der Waals surface area contributed by atoms with E-state index in [9.17, 15) is 44.7 Å². The van der Waals surface area contributed by atoms with Gasteiger partial charge in [0.25, 0.3) is 6.48 Å². The van der Waals surface area contributed by atoms with Gasteiger partial charge in [-0.3, -0.25) is 19.7 Å². The van der Waals surface area contributed by atoms with Gasteiger partial charge in [0.15, 0.2) is 17.8 Å². The number of phenols is 2. The van der Waals surface area contributed by atoms with Gasteiger partial charge >= 0.3 is 6.09 Å². The summed E-state index contributed by atoms with van der Waals surface area (Å²) < 4.78 is 28.6. The number of hydrogen-bond acceptors (Lipinski definition) is 15. The van der Waals surface area contributed by atoms with Gasteiger partial charge in [-0.05, 0) is 70.7 Å². The number of nitrogens with zero attached hydrogens (tertiary/aromatic N) is 1. The van der Waals surface area contributed by atoms with Crippen molar-refractivity contribution < 1.29 is 68.4 Å². The summed E-state index contributed by atoms with van der Waals surface area (Å²) in [6.07, 6.45) is 2.76. The van der Waals surface area contributed by atoms with Crippen molar-refractivity contribution in [1.29, 1.82) is 0 Å². The molecule has 2 heterocycles. The van der Waals surface area contributed by atoms with E-state index in [4.69, 9.17) is 23.7 Å². The third kappa shape index (κ3) is 7.42. The van der Waals surface area contributed by atoms with Crippen LogP contribution >= 0.6 is 0 Å². The first-order valence-corrected chi connectivity index (χ1v) is 19.1. The number of fused-ring (bicyclic) bond motifs is 3. The zero-order chi connectivity index (χ0) is 39.9. The van der Waals surface area contributed by atoms with E-state index in [1.165, 1.54) is 51.5 Å². The first kappa shape index (κ1) is 39.8.